The Morgan fingerprint density at radius 1 is 1.11 bits per heavy atom. The van der Waals surface area contributed by atoms with Crippen LogP contribution in [0.1, 0.15) is 76.5 Å². The van der Waals surface area contributed by atoms with Crippen LogP contribution < -0.4 is 0 Å². The smallest absolute Gasteiger partial charge is 0.168 e. The maximum Gasteiger partial charge on any atom is 0.168 e. The summed E-state index contributed by atoms with van der Waals surface area (Å²) in [4.78, 5) is 7.48. The fourth-order valence-corrected chi connectivity index (χ4v) is 3.57. The van der Waals surface area contributed by atoms with Gasteiger partial charge in [0.2, 0.25) is 0 Å². The molecule has 1 aromatic rings. The lowest BCUT2D eigenvalue weighted by atomic mass is 9.99. The Hall–Kier alpha value is -0.900. The van der Waals surface area contributed by atoms with Gasteiger partial charge in [-0.25, -0.2) is 9.67 Å². The SMILES string of the molecule is CC1CCCn2nc(C3CCCCN3C(C)C)nc21. The lowest BCUT2D eigenvalue weighted by Crippen LogP contribution is -2.39. The van der Waals surface area contributed by atoms with E-state index in [1.165, 1.54) is 44.5 Å². The summed E-state index contributed by atoms with van der Waals surface area (Å²) in [7, 11) is 0. The van der Waals surface area contributed by atoms with Gasteiger partial charge in [-0.15, -0.1) is 0 Å². The van der Waals surface area contributed by atoms with Crippen LogP contribution in [0, 0.1) is 0 Å². The molecule has 1 saturated heterocycles. The highest BCUT2D eigenvalue weighted by Gasteiger charge is 2.31. The predicted molar refractivity (Wildman–Crippen MR) is 76.1 cm³/mol. The first-order valence-electron chi connectivity index (χ1n) is 7.87. The highest BCUT2D eigenvalue weighted by molar-refractivity contribution is 5.06. The number of fused-ring (bicyclic) bond motifs is 1. The van der Waals surface area contributed by atoms with Gasteiger partial charge >= 0.3 is 0 Å². The molecule has 0 saturated carbocycles. The van der Waals surface area contributed by atoms with E-state index in [9.17, 15) is 0 Å². The molecule has 3 heterocycles. The largest absolute Gasteiger partial charge is 0.291 e. The number of aryl methyl sites for hydroxylation is 1. The average molecular weight is 262 g/mol. The summed E-state index contributed by atoms with van der Waals surface area (Å²) in [6.45, 7) is 9.11. The zero-order valence-electron chi connectivity index (χ0n) is 12.5. The van der Waals surface area contributed by atoms with Crippen molar-refractivity contribution >= 4 is 0 Å². The second kappa shape index (κ2) is 5.23. The lowest BCUT2D eigenvalue weighted by molar-refractivity contribution is 0.106. The van der Waals surface area contributed by atoms with Crippen molar-refractivity contribution in [3.8, 4) is 0 Å². The van der Waals surface area contributed by atoms with Crippen LogP contribution in [0.2, 0.25) is 0 Å². The van der Waals surface area contributed by atoms with Gasteiger partial charge in [0.15, 0.2) is 5.82 Å². The molecule has 2 aliphatic rings. The molecule has 1 aromatic heterocycles. The number of nitrogens with zero attached hydrogens (tertiary/aromatic N) is 4. The van der Waals surface area contributed by atoms with Crippen molar-refractivity contribution in [3.63, 3.8) is 0 Å². The number of likely N-dealkylation sites (tertiary alicyclic amines) is 1. The topological polar surface area (TPSA) is 34.0 Å². The Kier molecular flexibility index (Phi) is 3.61. The normalized spacial score (nSPS) is 28.6. The van der Waals surface area contributed by atoms with Gasteiger partial charge in [-0.2, -0.15) is 5.10 Å². The van der Waals surface area contributed by atoms with E-state index in [0.717, 1.165) is 12.4 Å². The van der Waals surface area contributed by atoms with E-state index in [1.54, 1.807) is 0 Å². The summed E-state index contributed by atoms with van der Waals surface area (Å²) in [6.07, 6.45) is 6.36. The molecule has 0 aromatic carbocycles. The first-order chi connectivity index (χ1) is 9.16. The zero-order chi connectivity index (χ0) is 13.4. The minimum Gasteiger partial charge on any atom is -0.291 e. The van der Waals surface area contributed by atoms with Crippen molar-refractivity contribution < 1.29 is 0 Å². The van der Waals surface area contributed by atoms with E-state index >= 15 is 0 Å². The first kappa shape index (κ1) is 13.1. The molecule has 0 radical (unpaired) electrons. The summed E-state index contributed by atoms with van der Waals surface area (Å²) in [5, 5.41) is 4.82. The summed E-state index contributed by atoms with van der Waals surface area (Å²) in [5.74, 6) is 2.87. The third-order valence-electron chi connectivity index (χ3n) is 4.67. The molecule has 0 spiro atoms. The zero-order valence-corrected chi connectivity index (χ0v) is 12.5. The molecule has 1 fully saturated rings. The van der Waals surface area contributed by atoms with E-state index in [0.29, 0.717) is 18.0 Å². The van der Waals surface area contributed by atoms with Gasteiger partial charge in [-0.3, -0.25) is 4.90 Å². The molecule has 2 unspecified atom stereocenters. The van der Waals surface area contributed by atoms with Gasteiger partial charge < -0.3 is 0 Å². The summed E-state index contributed by atoms with van der Waals surface area (Å²) in [5.41, 5.74) is 0. The third-order valence-corrected chi connectivity index (χ3v) is 4.67. The van der Waals surface area contributed by atoms with Gasteiger partial charge in [-0.05, 0) is 46.1 Å². The van der Waals surface area contributed by atoms with Gasteiger partial charge in [0.05, 0.1) is 6.04 Å². The van der Waals surface area contributed by atoms with Crippen molar-refractivity contribution in [1.82, 2.24) is 19.7 Å². The fraction of sp³-hybridized carbons (Fsp3) is 0.867. The van der Waals surface area contributed by atoms with Crippen LogP contribution in [-0.4, -0.2) is 32.3 Å². The minimum absolute atomic E-state index is 0.444. The Morgan fingerprint density at radius 2 is 1.95 bits per heavy atom. The molecular formula is C15H26N4. The number of aromatic nitrogens is 3. The van der Waals surface area contributed by atoms with Crippen molar-refractivity contribution in [1.29, 1.82) is 0 Å². The molecule has 3 rings (SSSR count). The number of hydrogen-bond acceptors (Lipinski definition) is 3. The first-order valence-corrected chi connectivity index (χ1v) is 7.87. The van der Waals surface area contributed by atoms with Gasteiger partial charge in [0, 0.05) is 18.5 Å². The predicted octanol–water partition coefficient (Wildman–Crippen LogP) is 3.11. The fourth-order valence-electron chi connectivity index (χ4n) is 3.57. The second-order valence-corrected chi connectivity index (χ2v) is 6.44. The van der Waals surface area contributed by atoms with Crippen LogP contribution in [0.15, 0.2) is 0 Å². The van der Waals surface area contributed by atoms with E-state index in [-0.39, 0.29) is 0 Å². The molecule has 4 heteroatoms. The van der Waals surface area contributed by atoms with Crippen molar-refractivity contribution in [2.75, 3.05) is 6.54 Å². The molecule has 0 bridgehead atoms. The van der Waals surface area contributed by atoms with Crippen LogP contribution in [0.5, 0.6) is 0 Å². The van der Waals surface area contributed by atoms with Crippen molar-refractivity contribution in [2.45, 2.75) is 77.4 Å². The molecule has 106 valence electrons. The Balaban J connectivity index is 1.88. The molecule has 0 aliphatic carbocycles. The van der Waals surface area contributed by atoms with Crippen molar-refractivity contribution in [2.24, 2.45) is 0 Å². The molecule has 0 N–H and O–H groups in total. The molecule has 0 amide bonds. The summed E-state index contributed by atoms with van der Waals surface area (Å²) < 4.78 is 2.16. The maximum atomic E-state index is 4.90. The van der Waals surface area contributed by atoms with E-state index in [4.69, 9.17) is 10.1 Å². The number of piperidine rings is 1. The van der Waals surface area contributed by atoms with Crippen LogP contribution in [0.3, 0.4) is 0 Å². The third kappa shape index (κ3) is 2.42. The van der Waals surface area contributed by atoms with Crippen LogP contribution >= 0.6 is 0 Å². The van der Waals surface area contributed by atoms with Gasteiger partial charge in [0.25, 0.3) is 0 Å². The van der Waals surface area contributed by atoms with Crippen LogP contribution in [0.4, 0.5) is 0 Å². The van der Waals surface area contributed by atoms with Gasteiger partial charge in [-0.1, -0.05) is 13.3 Å². The minimum atomic E-state index is 0.444. The van der Waals surface area contributed by atoms with E-state index in [2.05, 4.69) is 30.4 Å². The quantitative estimate of drug-likeness (QED) is 0.821. The molecule has 2 aliphatic heterocycles. The monoisotopic (exact) mass is 262 g/mol. The van der Waals surface area contributed by atoms with Crippen molar-refractivity contribution in [3.05, 3.63) is 11.6 Å². The highest BCUT2D eigenvalue weighted by atomic mass is 15.4. The molecule has 2 atom stereocenters. The number of hydrogen-bond donors (Lipinski definition) is 0. The average Bonchev–Trinajstić information content (AvgIpc) is 2.84. The lowest BCUT2D eigenvalue weighted by Gasteiger charge is -2.36. The van der Waals surface area contributed by atoms with E-state index < -0.39 is 0 Å². The molecule has 4 nitrogen and oxygen atoms in total. The Labute approximate surface area is 116 Å². The Bertz CT molecular complexity index is 437. The Morgan fingerprint density at radius 3 is 2.68 bits per heavy atom. The van der Waals surface area contributed by atoms with Crippen LogP contribution in [-0.2, 0) is 6.54 Å². The molecular weight excluding hydrogens is 236 g/mol. The molecule has 19 heavy (non-hydrogen) atoms. The summed E-state index contributed by atoms with van der Waals surface area (Å²) >= 11 is 0. The maximum absolute atomic E-state index is 4.90. The second-order valence-electron chi connectivity index (χ2n) is 6.44. The standard InChI is InChI=1S/C15H26N4/c1-11(2)18-9-5-4-8-13(18)14-16-15-12(3)7-6-10-19(15)17-14/h11-13H,4-10H2,1-3H3. The van der Waals surface area contributed by atoms with Crippen LogP contribution in [0.25, 0.3) is 0 Å². The summed E-state index contributed by atoms with van der Waals surface area (Å²) in [6, 6.07) is 1.03. The highest BCUT2D eigenvalue weighted by Crippen LogP contribution is 2.33. The van der Waals surface area contributed by atoms with Gasteiger partial charge in [0.1, 0.15) is 5.82 Å². The number of rotatable bonds is 2. The van der Waals surface area contributed by atoms with E-state index in [1.807, 2.05) is 0 Å².